The highest BCUT2D eigenvalue weighted by Crippen LogP contribution is 2.10. The van der Waals surface area contributed by atoms with Crippen molar-refractivity contribution in [3.63, 3.8) is 0 Å². The molecule has 0 aliphatic carbocycles. The van der Waals surface area contributed by atoms with Crippen molar-refractivity contribution in [1.29, 1.82) is 0 Å². The SMILES string of the molecule is CSC(CO)C(C)NCc1ncnn1CC(C)C. The Bertz CT molecular complexity index is 339. The van der Waals surface area contributed by atoms with Crippen LogP contribution in [0.25, 0.3) is 0 Å². The molecule has 0 aliphatic rings. The molecule has 104 valence electrons. The molecule has 18 heavy (non-hydrogen) atoms. The van der Waals surface area contributed by atoms with Crippen LogP contribution in [0.2, 0.25) is 0 Å². The molecule has 5 nitrogen and oxygen atoms in total. The van der Waals surface area contributed by atoms with Gasteiger partial charge in [-0.15, -0.1) is 0 Å². The number of nitrogens with one attached hydrogen (secondary N) is 1. The molecule has 0 spiro atoms. The summed E-state index contributed by atoms with van der Waals surface area (Å²) in [6, 6.07) is 0.245. The molecule has 0 bridgehead atoms. The number of rotatable bonds is 8. The summed E-state index contributed by atoms with van der Waals surface area (Å²) in [5.41, 5.74) is 0. The van der Waals surface area contributed by atoms with Gasteiger partial charge in [0, 0.05) is 17.8 Å². The van der Waals surface area contributed by atoms with Gasteiger partial charge in [0.15, 0.2) is 0 Å². The van der Waals surface area contributed by atoms with Crippen LogP contribution in [0.4, 0.5) is 0 Å². The van der Waals surface area contributed by atoms with Crippen LogP contribution in [0.15, 0.2) is 6.33 Å². The molecule has 0 radical (unpaired) electrons. The molecule has 6 heteroatoms. The molecule has 1 aromatic rings. The van der Waals surface area contributed by atoms with Gasteiger partial charge in [0.05, 0.1) is 13.2 Å². The van der Waals surface area contributed by atoms with E-state index in [-0.39, 0.29) is 17.9 Å². The molecular weight excluding hydrogens is 248 g/mol. The van der Waals surface area contributed by atoms with Crippen molar-refractivity contribution in [2.45, 2.75) is 45.2 Å². The molecule has 0 aliphatic heterocycles. The van der Waals surface area contributed by atoms with E-state index in [2.05, 4.69) is 36.2 Å². The Morgan fingerprint density at radius 3 is 2.72 bits per heavy atom. The summed E-state index contributed by atoms with van der Waals surface area (Å²) >= 11 is 1.67. The first kappa shape index (κ1) is 15.5. The highest BCUT2D eigenvalue weighted by atomic mass is 32.2. The Balaban J connectivity index is 2.50. The Morgan fingerprint density at radius 2 is 2.17 bits per heavy atom. The minimum atomic E-state index is 0.189. The van der Waals surface area contributed by atoms with Gasteiger partial charge in [0.2, 0.25) is 0 Å². The zero-order valence-electron chi connectivity index (χ0n) is 11.6. The molecular formula is C12H24N4OS. The van der Waals surface area contributed by atoms with Crippen molar-refractivity contribution in [2.24, 2.45) is 5.92 Å². The Kier molecular flexibility index (Phi) is 6.67. The fraction of sp³-hybridized carbons (Fsp3) is 0.833. The van der Waals surface area contributed by atoms with Crippen LogP contribution in [0, 0.1) is 5.92 Å². The van der Waals surface area contributed by atoms with Crippen molar-refractivity contribution in [3.05, 3.63) is 12.2 Å². The molecule has 0 aromatic carbocycles. The minimum absolute atomic E-state index is 0.189. The maximum atomic E-state index is 9.23. The summed E-state index contributed by atoms with van der Waals surface area (Å²) in [6.45, 7) is 8.17. The summed E-state index contributed by atoms with van der Waals surface area (Å²) in [7, 11) is 0. The summed E-state index contributed by atoms with van der Waals surface area (Å²) < 4.78 is 1.94. The van der Waals surface area contributed by atoms with Crippen molar-refractivity contribution >= 4 is 11.8 Å². The fourth-order valence-corrected chi connectivity index (χ4v) is 2.40. The fourth-order valence-electron chi connectivity index (χ4n) is 1.74. The zero-order chi connectivity index (χ0) is 13.5. The predicted octanol–water partition coefficient (Wildman–Crippen LogP) is 1.14. The van der Waals surface area contributed by atoms with E-state index < -0.39 is 0 Å². The minimum Gasteiger partial charge on any atom is -0.395 e. The first-order chi connectivity index (χ1) is 8.58. The highest BCUT2D eigenvalue weighted by Gasteiger charge is 2.15. The molecule has 2 unspecified atom stereocenters. The van der Waals surface area contributed by atoms with Gasteiger partial charge < -0.3 is 10.4 Å². The quantitative estimate of drug-likeness (QED) is 0.743. The first-order valence-electron chi connectivity index (χ1n) is 6.32. The van der Waals surface area contributed by atoms with Gasteiger partial charge in [-0.05, 0) is 19.1 Å². The molecule has 1 heterocycles. The smallest absolute Gasteiger partial charge is 0.140 e. The monoisotopic (exact) mass is 272 g/mol. The van der Waals surface area contributed by atoms with Gasteiger partial charge in [-0.2, -0.15) is 16.9 Å². The van der Waals surface area contributed by atoms with Gasteiger partial charge in [-0.25, -0.2) is 9.67 Å². The number of hydrogen-bond acceptors (Lipinski definition) is 5. The molecule has 0 saturated carbocycles. The number of hydrogen-bond donors (Lipinski definition) is 2. The number of aliphatic hydroxyl groups excluding tert-OH is 1. The van der Waals surface area contributed by atoms with Crippen LogP contribution in [-0.2, 0) is 13.1 Å². The van der Waals surface area contributed by atoms with Crippen molar-refractivity contribution < 1.29 is 5.11 Å². The summed E-state index contributed by atoms with van der Waals surface area (Å²) in [6.07, 6.45) is 3.61. The second-order valence-electron chi connectivity index (χ2n) is 4.88. The molecule has 0 saturated heterocycles. The average molecular weight is 272 g/mol. The van der Waals surface area contributed by atoms with Gasteiger partial charge in [0.25, 0.3) is 0 Å². The van der Waals surface area contributed by atoms with E-state index in [1.54, 1.807) is 18.1 Å². The molecule has 0 amide bonds. The first-order valence-corrected chi connectivity index (χ1v) is 7.61. The Morgan fingerprint density at radius 1 is 1.44 bits per heavy atom. The van der Waals surface area contributed by atoms with Gasteiger partial charge in [0.1, 0.15) is 12.2 Å². The van der Waals surface area contributed by atoms with Crippen LogP contribution in [0.1, 0.15) is 26.6 Å². The standard InChI is InChI=1S/C12H24N4OS/c1-9(2)6-16-12(14-8-15-16)5-13-10(3)11(7-17)18-4/h8-11,13,17H,5-7H2,1-4H3. The highest BCUT2D eigenvalue weighted by molar-refractivity contribution is 7.99. The molecule has 2 N–H and O–H groups in total. The van der Waals surface area contributed by atoms with E-state index in [1.165, 1.54) is 0 Å². The van der Waals surface area contributed by atoms with E-state index in [1.807, 2.05) is 10.9 Å². The van der Waals surface area contributed by atoms with Crippen LogP contribution in [0.3, 0.4) is 0 Å². The second kappa shape index (κ2) is 7.76. The molecule has 2 atom stereocenters. The summed E-state index contributed by atoms with van der Waals surface area (Å²) in [5.74, 6) is 1.51. The normalized spacial score (nSPS) is 15.0. The maximum absolute atomic E-state index is 9.23. The molecule has 1 rings (SSSR count). The maximum Gasteiger partial charge on any atom is 0.140 e. The lowest BCUT2D eigenvalue weighted by Gasteiger charge is -2.21. The van der Waals surface area contributed by atoms with E-state index in [9.17, 15) is 5.11 Å². The lowest BCUT2D eigenvalue weighted by atomic mass is 10.2. The third kappa shape index (κ3) is 4.59. The number of aromatic nitrogens is 3. The van der Waals surface area contributed by atoms with Crippen LogP contribution >= 0.6 is 11.8 Å². The summed E-state index contributed by atoms with van der Waals surface area (Å²) in [5, 5.41) is 17.1. The Labute approximate surface area is 113 Å². The van der Waals surface area contributed by atoms with Crippen LogP contribution in [-0.4, -0.2) is 44.0 Å². The lowest BCUT2D eigenvalue weighted by molar-refractivity contribution is 0.275. The van der Waals surface area contributed by atoms with Crippen molar-refractivity contribution in [2.75, 3.05) is 12.9 Å². The van der Waals surface area contributed by atoms with Gasteiger partial charge in [-0.3, -0.25) is 0 Å². The molecule has 1 aromatic heterocycles. The van der Waals surface area contributed by atoms with Crippen molar-refractivity contribution in [1.82, 2.24) is 20.1 Å². The lowest BCUT2D eigenvalue weighted by Crippen LogP contribution is -2.37. The predicted molar refractivity (Wildman–Crippen MR) is 75.6 cm³/mol. The van der Waals surface area contributed by atoms with Gasteiger partial charge >= 0.3 is 0 Å². The largest absolute Gasteiger partial charge is 0.395 e. The van der Waals surface area contributed by atoms with E-state index in [0.717, 1.165) is 12.4 Å². The number of nitrogens with zero attached hydrogens (tertiary/aromatic N) is 3. The average Bonchev–Trinajstić information content (AvgIpc) is 2.74. The van der Waals surface area contributed by atoms with Crippen molar-refractivity contribution in [3.8, 4) is 0 Å². The third-order valence-corrected chi connectivity index (χ3v) is 4.02. The number of thioether (sulfide) groups is 1. The number of aliphatic hydroxyl groups is 1. The van der Waals surface area contributed by atoms with Crippen LogP contribution < -0.4 is 5.32 Å². The van der Waals surface area contributed by atoms with E-state index in [4.69, 9.17) is 0 Å². The molecule has 0 fully saturated rings. The third-order valence-electron chi connectivity index (χ3n) is 2.86. The van der Waals surface area contributed by atoms with Crippen LogP contribution in [0.5, 0.6) is 0 Å². The summed E-state index contributed by atoms with van der Waals surface area (Å²) in [4.78, 5) is 4.27. The zero-order valence-corrected chi connectivity index (χ0v) is 12.4. The second-order valence-corrected chi connectivity index (χ2v) is 5.96. The Hall–Kier alpha value is -0.590. The topological polar surface area (TPSA) is 63.0 Å². The van der Waals surface area contributed by atoms with E-state index >= 15 is 0 Å². The van der Waals surface area contributed by atoms with Gasteiger partial charge in [-0.1, -0.05) is 13.8 Å². The van der Waals surface area contributed by atoms with E-state index in [0.29, 0.717) is 12.5 Å².